The Labute approximate surface area is 134 Å². The van der Waals surface area contributed by atoms with Crippen LogP contribution >= 0.6 is 0 Å². The van der Waals surface area contributed by atoms with E-state index in [9.17, 15) is 6.48 Å². The Morgan fingerprint density at radius 1 is 1.50 bits per heavy atom. The highest BCUT2D eigenvalue weighted by molar-refractivity contribution is 5.62. The van der Waals surface area contributed by atoms with E-state index in [1.807, 2.05) is 13.1 Å². The van der Waals surface area contributed by atoms with Crippen LogP contribution in [0.1, 0.15) is 21.7 Å². The van der Waals surface area contributed by atoms with Crippen molar-refractivity contribution in [2.75, 3.05) is 20.7 Å². The van der Waals surface area contributed by atoms with Crippen LogP contribution in [0.15, 0.2) is 24.2 Å². The van der Waals surface area contributed by atoms with Gasteiger partial charge in [-0.2, -0.15) is 0 Å². The van der Waals surface area contributed by atoms with Gasteiger partial charge >= 0.3 is 0 Å². The fourth-order valence-corrected chi connectivity index (χ4v) is 4.90. The summed E-state index contributed by atoms with van der Waals surface area (Å²) < 4.78 is 37.8. The number of benzene rings is 1. The summed E-state index contributed by atoms with van der Waals surface area (Å²) in [7, 11) is 3.49. The van der Waals surface area contributed by atoms with Gasteiger partial charge in [0.2, 0.25) is 0 Å². The first kappa shape index (κ1) is 10.3. The summed E-state index contributed by atoms with van der Waals surface area (Å²) in [6.45, 7) is 0.808. The van der Waals surface area contributed by atoms with Crippen LogP contribution in [0.4, 0.5) is 0 Å². The van der Waals surface area contributed by atoms with Crippen LogP contribution in [-0.4, -0.2) is 49.0 Å². The van der Waals surface area contributed by atoms with E-state index in [1.54, 1.807) is 6.08 Å². The van der Waals surface area contributed by atoms with Gasteiger partial charge in [0.05, 0.1) is 9.85 Å². The topological polar surface area (TPSA) is 41.9 Å². The fraction of sp³-hybridized carbons (Fsp3) is 0.556. The lowest BCUT2D eigenvalue weighted by Gasteiger charge is -2.56. The minimum Gasteiger partial charge on any atom is -0.493 e. The van der Waals surface area contributed by atoms with Gasteiger partial charge in [0, 0.05) is 24.3 Å². The highest BCUT2D eigenvalue weighted by Crippen LogP contribution is 2.62. The lowest BCUT2D eigenvalue weighted by atomic mass is 9.53. The molecule has 4 nitrogen and oxygen atoms in total. The number of rotatable bonds is 1. The van der Waals surface area contributed by atoms with Crippen molar-refractivity contribution < 1.29 is 18.7 Å². The molecule has 116 valence electrons. The van der Waals surface area contributed by atoms with Crippen molar-refractivity contribution in [3.63, 3.8) is 0 Å². The quantitative estimate of drug-likeness (QED) is 0.798. The van der Waals surface area contributed by atoms with Gasteiger partial charge in [-0.3, -0.25) is 0 Å². The SMILES string of the molecule is [2H]c1c([2H])c(OC)c2c3c1C[C@H]1N(C)CC[C@@]34C(O2)C(O)C=C[C@@]14[2H]. The van der Waals surface area contributed by atoms with E-state index in [0.29, 0.717) is 18.6 Å². The molecule has 22 heavy (non-hydrogen) atoms. The Morgan fingerprint density at radius 3 is 3.18 bits per heavy atom. The fourth-order valence-electron chi connectivity index (χ4n) is 4.90. The molecule has 0 aromatic heterocycles. The number of piperidine rings is 1. The highest BCUT2D eigenvalue weighted by Gasteiger charge is 2.64. The van der Waals surface area contributed by atoms with E-state index in [2.05, 4.69) is 4.90 Å². The van der Waals surface area contributed by atoms with Gasteiger partial charge < -0.3 is 19.5 Å². The zero-order valence-electron chi connectivity index (χ0n) is 15.7. The summed E-state index contributed by atoms with van der Waals surface area (Å²) in [6.07, 6.45) is 3.34. The van der Waals surface area contributed by atoms with Crippen LogP contribution in [0.25, 0.3) is 0 Å². The van der Waals surface area contributed by atoms with Crippen LogP contribution < -0.4 is 9.47 Å². The van der Waals surface area contributed by atoms with Crippen molar-refractivity contribution >= 4 is 0 Å². The van der Waals surface area contributed by atoms with Gasteiger partial charge in [-0.05, 0) is 38.0 Å². The number of hydrogen-bond acceptors (Lipinski definition) is 4. The number of nitrogens with zero attached hydrogens (tertiary/aromatic N) is 1. The van der Waals surface area contributed by atoms with Crippen LogP contribution in [-0.2, 0) is 11.8 Å². The van der Waals surface area contributed by atoms with Crippen molar-refractivity contribution in [1.82, 2.24) is 4.90 Å². The summed E-state index contributed by atoms with van der Waals surface area (Å²) in [5.41, 5.74) is 0.918. The average Bonchev–Trinajstić information content (AvgIpc) is 2.92. The predicted octanol–water partition coefficient (Wildman–Crippen LogP) is 1.50. The maximum atomic E-state index is 10.6. The molecule has 2 aliphatic carbocycles. The summed E-state index contributed by atoms with van der Waals surface area (Å²) in [5, 5.41) is 10.6. The maximum absolute atomic E-state index is 10.6. The van der Waals surface area contributed by atoms with Crippen LogP contribution in [0.5, 0.6) is 11.5 Å². The first-order valence-corrected chi connectivity index (χ1v) is 7.81. The molecule has 2 bridgehead atoms. The highest BCUT2D eigenvalue weighted by atomic mass is 16.5. The molecule has 0 radical (unpaired) electrons. The molecule has 1 aromatic carbocycles. The zero-order valence-corrected chi connectivity index (χ0v) is 12.7. The third-order valence-electron chi connectivity index (χ3n) is 5.89. The molecule has 1 aromatic rings. The second kappa shape index (κ2) is 4.06. The Morgan fingerprint density at radius 2 is 2.36 bits per heavy atom. The number of aliphatic hydroxyl groups excluding tert-OH is 1. The van der Waals surface area contributed by atoms with E-state index in [0.717, 1.165) is 17.7 Å². The second-order valence-electron chi connectivity index (χ2n) is 6.73. The van der Waals surface area contributed by atoms with E-state index in [4.69, 9.17) is 12.2 Å². The molecular weight excluding hydrogens is 278 g/mol. The first-order valence-electron chi connectivity index (χ1n) is 9.31. The summed E-state index contributed by atoms with van der Waals surface area (Å²) in [4.78, 5) is 2.17. The van der Waals surface area contributed by atoms with Crippen molar-refractivity contribution in [3.05, 3.63) is 35.4 Å². The molecule has 0 amide bonds. The Hall–Kier alpha value is -1.52. The number of likely N-dealkylation sites (N-methyl/N-ethyl adjacent to an activating group) is 1. The van der Waals surface area contributed by atoms with Gasteiger partial charge in [-0.1, -0.05) is 18.2 Å². The van der Waals surface area contributed by atoms with Gasteiger partial charge in [0.25, 0.3) is 0 Å². The maximum Gasteiger partial charge on any atom is 0.165 e. The monoisotopic (exact) mass is 302 g/mol. The van der Waals surface area contributed by atoms with E-state index < -0.39 is 23.5 Å². The second-order valence-corrected chi connectivity index (χ2v) is 6.73. The van der Waals surface area contributed by atoms with Crippen LogP contribution in [0.3, 0.4) is 0 Å². The van der Waals surface area contributed by atoms with Crippen LogP contribution in [0.2, 0.25) is 0 Å². The molecule has 1 fully saturated rings. The molecule has 0 saturated carbocycles. The third kappa shape index (κ3) is 1.28. The predicted molar refractivity (Wildman–Crippen MR) is 82.5 cm³/mol. The van der Waals surface area contributed by atoms with E-state index >= 15 is 0 Å². The molecule has 2 unspecified atom stereocenters. The van der Waals surface area contributed by atoms with Crippen molar-refractivity contribution in [3.8, 4) is 11.5 Å². The van der Waals surface area contributed by atoms with Crippen molar-refractivity contribution in [1.29, 1.82) is 0 Å². The number of likely N-dealkylation sites (tertiary alicyclic amines) is 1. The average molecular weight is 302 g/mol. The number of hydrogen-bond donors (Lipinski definition) is 1. The zero-order chi connectivity index (χ0) is 17.7. The molecule has 5 rings (SSSR count). The molecule has 4 aliphatic rings. The molecular formula is C18H21NO3. The largest absolute Gasteiger partial charge is 0.493 e. The first-order chi connectivity index (χ1) is 11.9. The summed E-state index contributed by atoms with van der Waals surface area (Å²) in [5.74, 6) is -0.214. The summed E-state index contributed by atoms with van der Waals surface area (Å²) in [6, 6.07) is 0.0732. The van der Waals surface area contributed by atoms with E-state index in [-0.39, 0.29) is 23.9 Å². The van der Waals surface area contributed by atoms with Gasteiger partial charge in [0.1, 0.15) is 12.2 Å². The number of aliphatic hydroxyl groups is 1. The molecule has 1 saturated heterocycles. The standard InChI is InChI=1S/C18H21NO3/c1-19-8-7-18-11-4-5-13(20)17(18)22-16-14(21-2)6-3-10(15(16)18)9-12(11)19/h3-6,11-13,17,20H,7-9H2,1-2H3/t11-,12+,13?,17?,18-/m0/s1/i3D,6D,11D. The lowest BCUT2D eigenvalue weighted by Crippen LogP contribution is -2.64. The van der Waals surface area contributed by atoms with E-state index in [1.165, 1.54) is 7.11 Å². The van der Waals surface area contributed by atoms with Crippen LogP contribution in [0, 0.1) is 5.89 Å². The Bertz CT molecular complexity index is 829. The third-order valence-corrected chi connectivity index (χ3v) is 5.89. The smallest absolute Gasteiger partial charge is 0.165 e. The minimum absolute atomic E-state index is 0.0203. The normalized spacial score (nSPS) is 46.3. The summed E-state index contributed by atoms with van der Waals surface area (Å²) >= 11 is 0. The Kier molecular flexibility index (Phi) is 1.90. The van der Waals surface area contributed by atoms with Crippen molar-refractivity contribution in [2.45, 2.75) is 36.5 Å². The van der Waals surface area contributed by atoms with Crippen molar-refractivity contribution in [2.24, 2.45) is 5.89 Å². The molecule has 1 spiro atoms. The molecule has 5 atom stereocenters. The molecule has 2 heterocycles. The van der Waals surface area contributed by atoms with Gasteiger partial charge in [-0.15, -0.1) is 0 Å². The Balaban J connectivity index is 1.92. The lowest BCUT2D eigenvalue weighted by molar-refractivity contribution is -0.0453. The molecule has 2 aliphatic heterocycles. The number of methoxy groups -OCH3 is 1. The molecule has 4 heteroatoms. The van der Waals surface area contributed by atoms with Gasteiger partial charge in [-0.25, -0.2) is 0 Å². The number of ether oxygens (including phenoxy) is 2. The minimum atomic E-state index is -0.927. The molecule has 1 N–H and O–H groups in total. The van der Waals surface area contributed by atoms with Gasteiger partial charge in [0.15, 0.2) is 11.5 Å².